The Kier molecular flexibility index (Phi) is 6.89. The maximum atomic E-state index is 13.8. The Morgan fingerprint density at radius 3 is 2.27 bits per heavy atom. The molecular formula is C21H25FN2O2. The molecule has 0 aliphatic rings. The summed E-state index contributed by atoms with van der Waals surface area (Å²) in [6, 6.07) is 15.1. The summed E-state index contributed by atoms with van der Waals surface area (Å²) in [5, 5.41) is 2.82. The lowest BCUT2D eigenvalue weighted by atomic mass is 10.0. The first-order valence-electron chi connectivity index (χ1n) is 8.70. The van der Waals surface area contributed by atoms with Gasteiger partial charge in [-0.1, -0.05) is 62.4 Å². The van der Waals surface area contributed by atoms with E-state index in [1.165, 1.54) is 11.0 Å². The van der Waals surface area contributed by atoms with E-state index < -0.39 is 6.04 Å². The van der Waals surface area contributed by atoms with Crippen LogP contribution in [0.1, 0.15) is 25.0 Å². The molecule has 1 N–H and O–H groups in total. The maximum absolute atomic E-state index is 13.8. The average molecular weight is 356 g/mol. The molecule has 2 rings (SSSR count). The van der Waals surface area contributed by atoms with Crippen LogP contribution in [-0.2, 0) is 22.6 Å². The van der Waals surface area contributed by atoms with Gasteiger partial charge in [0.1, 0.15) is 11.9 Å². The molecule has 0 heterocycles. The van der Waals surface area contributed by atoms with Crippen LogP contribution in [0.4, 0.5) is 4.39 Å². The molecule has 2 amide bonds. The van der Waals surface area contributed by atoms with Gasteiger partial charge in [0.25, 0.3) is 0 Å². The van der Waals surface area contributed by atoms with Gasteiger partial charge in [-0.15, -0.1) is 0 Å². The quantitative estimate of drug-likeness (QED) is 0.828. The predicted molar refractivity (Wildman–Crippen MR) is 99.8 cm³/mol. The van der Waals surface area contributed by atoms with Crippen LogP contribution in [0.15, 0.2) is 54.6 Å². The largest absolute Gasteiger partial charge is 0.344 e. The number of carbonyl (C=O) groups excluding carboxylic acids is 2. The fourth-order valence-corrected chi connectivity index (χ4v) is 2.72. The van der Waals surface area contributed by atoms with Crippen LogP contribution < -0.4 is 5.32 Å². The number of benzene rings is 2. The molecule has 0 saturated heterocycles. The van der Waals surface area contributed by atoms with E-state index in [2.05, 4.69) is 5.32 Å². The summed E-state index contributed by atoms with van der Waals surface area (Å²) < 4.78 is 13.8. The van der Waals surface area contributed by atoms with Crippen molar-refractivity contribution < 1.29 is 14.0 Å². The number of rotatable bonds is 7. The monoisotopic (exact) mass is 356 g/mol. The average Bonchev–Trinajstić information content (AvgIpc) is 2.61. The normalized spacial score (nSPS) is 11.9. The van der Waals surface area contributed by atoms with Crippen molar-refractivity contribution in [3.63, 3.8) is 0 Å². The number of likely N-dealkylation sites (N-methyl/N-ethyl adjacent to an activating group) is 1. The van der Waals surface area contributed by atoms with Crippen molar-refractivity contribution in [1.29, 1.82) is 0 Å². The number of hydrogen-bond donors (Lipinski definition) is 1. The molecule has 0 aliphatic heterocycles. The number of carbonyl (C=O) groups is 2. The molecule has 0 aliphatic carbocycles. The molecule has 2 aromatic carbocycles. The van der Waals surface area contributed by atoms with Crippen LogP contribution in [0.5, 0.6) is 0 Å². The highest BCUT2D eigenvalue weighted by Crippen LogP contribution is 2.12. The first kappa shape index (κ1) is 19.6. The van der Waals surface area contributed by atoms with Crippen molar-refractivity contribution in [2.75, 3.05) is 7.05 Å². The zero-order valence-corrected chi connectivity index (χ0v) is 15.4. The van der Waals surface area contributed by atoms with Crippen LogP contribution in [0.2, 0.25) is 0 Å². The van der Waals surface area contributed by atoms with Crippen molar-refractivity contribution in [3.05, 3.63) is 71.5 Å². The number of nitrogens with zero attached hydrogens (tertiary/aromatic N) is 1. The summed E-state index contributed by atoms with van der Waals surface area (Å²) in [6.45, 7) is 3.91. The van der Waals surface area contributed by atoms with E-state index >= 15 is 0 Å². The Labute approximate surface area is 154 Å². The van der Waals surface area contributed by atoms with Crippen LogP contribution in [0.3, 0.4) is 0 Å². The van der Waals surface area contributed by atoms with Gasteiger partial charge in [-0.2, -0.15) is 0 Å². The molecule has 0 fully saturated rings. The van der Waals surface area contributed by atoms with E-state index in [1.54, 1.807) is 25.2 Å². The Balaban J connectivity index is 2.02. The molecule has 26 heavy (non-hydrogen) atoms. The highest BCUT2D eigenvalue weighted by Gasteiger charge is 2.27. The van der Waals surface area contributed by atoms with E-state index in [9.17, 15) is 14.0 Å². The first-order valence-corrected chi connectivity index (χ1v) is 8.70. The molecular weight excluding hydrogens is 331 g/mol. The van der Waals surface area contributed by atoms with Crippen LogP contribution in [-0.4, -0.2) is 29.8 Å². The van der Waals surface area contributed by atoms with Gasteiger partial charge >= 0.3 is 0 Å². The molecule has 4 nitrogen and oxygen atoms in total. The third kappa shape index (κ3) is 5.41. The number of amides is 2. The first-order chi connectivity index (χ1) is 12.4. The standard InChI is InChI=1S/C21H25FN2O2/c1-15(2)20(23-19(25)13-16-9-5-4-6-10-16)21(26)24(3)14-17-11-7-8-12-18(17)22/h4-12,15,20H,13-14H2,1-3H3,(H,23,25). The highest BCUT2D eigenvalue weighted by atomic mass is 19.1. The van der Waals surface area contributed by atoms with Crippen LogP contribution in [0, 0.1) is 11.7 Å². The molecule has 0 aromatic heterocycles. The molecule has 5 heteroatoms. The minimum Gasteiger partial charge on any atom is -0.344 e. The van der Waals surface area contributed by atoms with Gasteiger partial charge in [-0.05, 0) is 17.5 Å². The van der Waals surface area contributed by atoms with Crippen LogP contribution >= 0.6 is 0 Å². The molecule has 0 radical (unpaired) electrons. The van der Waals surface area contributed by atoms with Gasteiger partial charge in [0.2, 0.25) is 11.8 Å². The predicted octanol–water partition coefficient (Wildman–Crippen LogP) is 3.17. The summed E-state index contributed by atoms with van der Waals surface area (Å²) in [5.41, 5.74) is 1.33. The summed E-state index contributed by atoms with van der Waals surface area (Å²) in [6.07, 6.45) is 0.217. The lowest BCUT2D eigenvalue weighted by Gasteiger charge is -2.27. The molecule has 1 unspecified atom stereocenters. The van der Waals surface area contributed by atoms with Gasteiger partial charge in [0.05, 0.1) is 6.42 Å². The number of hydrogen-bond acceptors (Lipinski definition) is 2. The smallest absolute Gasteiger partial charge is 0.245 e. The summed E-state index contributed by atoms with van der Waals surface area (Å²) in [5.74, 6) is -0.862. The van der Waals surface area contributed by atoms with Crippen molar-refractivity contribution in [3.8, 4) is 0 Å². The molecule has 0 saturated carbocycles. The second-order valence-corrected chi connectivity index (χ2v) is 6.74. The zero-order chi connectivity index (χ0) is 19.1. The third-order valence-electron chi connectivity index (χ3n) is 4.20. The summed E-state index contributed by atoms with van der Waals surface area (Å²) >= 11 is 0. The van der Waals surface area contributed by atoms with Gasteiger partial charge in [0, 0.05) is 19.2 Å². The van der Waals surface area contributed by atoms with E-state index in [0.29, 0.717) is 5.56 Å². The van der Waals surface area contributed by atoms with Gasteiger partial charge in [-0.25, -0.2) is 4.39 Å². The highest BCUT2D eigenvalue weighted by molar-refractivity contribution is 5.88. The Hall–Kier alpha value is -2.69. The summed E-state index contributed by atoms with van der Waals surface area (Å²) in [7, 11) is 1.62. The van der Waals surface area contributed by atoms with E-state index in [0.717, 1.165) is 5.56 Å². The zero-order valence-electron chi connectivity index (χ0n) is 15.4. The lowest BCUT2D eigenvalue weighted by Crippen LogP contribution is -2.50. The van der Waals surface area contributed by atoms with E-state index in [-0.39, 0.29) is 36.5 Å². The molecule has 1 atom stereocenters. The van der Waals surface area contributed by atoms with Crippen molar-refractivity contribution in [1.82, 2.24) is 10.2 Å². The van der Waals surface area contributed by atoms with Crippen LogP contribution in [0.25, 0.3) is 0 Å². The van der Waals surface area contributed by atoms with Crippen molar-refractivity contribution in [2.45, 2.75) is 32.9 Å². The number of nitrogens with one attached hydrogen (secondary N) is 1. The molecule has 2 aromatic rings. The lowest BCUT2D eigenvalue weighted by molar-refractivity contribution is -0.137. The van der Waals surface area contributed by atoms with Gasteiger partial charge < -0.3 is 10.2 Å². The second-order valence-electron chi connectivity index (χ2n) is 6.74. The Bertz CT molecular complexity index is 747. The fraction of sp³-hybridized carbons (Fsp3) is 0.333. The minimum absolute atomic E-state index is 0.0784. The molecule has 0 spiro atoms. The SMILES string of the molecule is CC(C)C(NC(=O)Cc1ccccc1)C(=O)N(C)Cc1ccccc1F. The minimum atomic E-state index is -0.650. The van der Waals surface area contributed by atoms with Gasteiger partial charge in [0.15, 0.2) is 0 Å². The fourth-order valence-electron chi connectivity index (χ4n) is 2.72. The third-order valence-corrected chi connectivity index (χ3v) is 4.20. The number of halogens is 1. The van der Waals surface area contributed by atoms with Crippen molar-refractivity contribution in [2.24, 2.45) is 5.92 Å². The Morgan fingerprint density at radius 2 is 1.65 bits per heavy atom. The summed E-state index contributed by atoms with van der Waals surface area (Å²) in [4.78, 5) is 26.6. The second kappa shape index (κ2) is 9.13. The van der Waals surface area contributed by atoms with E-state index in [4.69, 9.17) is 0 Å². The molecule has 0 bridgehead atoms. The van der Waals surface area contributed by atoms with Gasteiger partial charge in [-0.3, -0.25) is 9.59 Å². The Morgan fingerprint density at radius 1 is 1.04 bits per heavy atom. The topological polar surface area (TPSA) is 49.4 Å². The maximum Gasteiger partial charge on any atom is 0.245 e. The van der Waals surface area contributed by atoms with Crippen molar-refractivity contribution >= 4 is 11.8 Å². The molecule has 138 valence electrons. The van der Waals surface area contributed by atoms with E-state index in [1.807, 2.05) is 44.2 Å².